The van der Waals surface area contributed by atoms with Gasteiger partial charge in [-0.05, 0) is 48.8 Å². The molecule has 0 aliphatic rings. The van der Waals surface area contributed by atoms with E-state index in [1.165, 1.54) is 12.1 Å². The van der Waals surface area contributed by atoms with Crippen molar-refractivity contribution in [1.82, 2.24) is 0 Å². The maximum absolute atomic E-state index is 12.5. The standard InChI is InChI=1S/C30H47NO9/c1-6-8-10-12-25(32)39-23-15-14-22(18-24(23)40-26(33)13-11-9-7-2)27(28(31)29(34)35)21(5)19-38-30(36)37-17-16-20(3)4/h14-15,18,20-21,27-28H,6-13,16-17,19,31H2,1-5H3,(H,34,35)/t21?,27?,28-/m0/s1. The summed E-state index contributed by atoms with van der Waals surface area (Å²) in [6.45, 7) is 9.83. The Morgan fingerprint density at radius 2 is 1.43 bits per heavy atom. The Bertz CT molecular complexity index is 947. The molecule has 0 amide bonds. The zero-order valence-electron chi connectivity index (χ0n) is 24.6. The third-order valence-electron chi connectivity index (χ3n) is 6.43. The average Bonchev–Trinajstić information content (AvgIpc) is 2.89. The molecule has 3 N–H and O–H groups in total. The minimum atomic E-state index is -1.36. The van der Waals surface area contributed by atoms with E-state index in [9.17, 15) is 24.3 Å². The summed E-state index contributed by atoms with van der Waals surface area (Å²) < 4.78 is 21.4. The van der Waals surface area contributed by atoms with Gasteiger partial charge in [-0.2, -0.15) is 0 Å². The van der Waals surface area contributed by atoms with Crippen LogP contribution >= 0.6 is 0 Å². The number of hydrogen-bond donors (Lipinski definition) is 2. The molecule has 0 heterocycles. The van der Waals surface area contributed by atoms with Gasteiger partial charge in [0, 0.05) is 18.8 Å². The number of carboxylic acids is 1. The molecule has 226 valence electrons. The molecule has 1 aromatic rings. The third-order valence-corrected chi connectivity index (χ3v) is 6.43. The Kier molecular flexibility index (Phi) is 16.6. The van der Waals surface area contributed by atoms with Crippen molar-refractivity contribution in [1.29, 1.82) is 0 Å². The lowest BCUT2D eigenvalue weighted by atomic mass is 9.82. The Labute approximate surface area is 237 Å². The second kappa shape index (κ2) is 19.0. The number of hydrogen-bond acceptors (Lipinski definition) is 9. The summed E-state index contributed by atoms with van der Waals surface area (Å²) >= 11 is 0. The fourth-order valence-electron chi connectivity index (χ4n) is 4.05. The largest absolute Gasteiger partial charge is 0.508 e. The molecule has 0 aliphatic carbocycles. The van der Waals surface area contributed by atoms with Crippen LogP contribution in [-0.2, 0) is 23.9 Å². The van der Waals surface area contributed by atoms with Crippen molar-refractivity contribution in [2.75, 3.05) is 13.2 Å². The number of carboxylic acid groups (broad SMARTS) is 1. The van der Waals surface area contributed by atoms with Crippen LogP contribution in [0.2, 0.25) is 0 Å². The molecular formula is C30H47NO9. The van der Waals surface area contributed by atoms with Crippen LogP contribution in [0.1, 0.15) is 104 Å². The third kappa shape index (κ3) is 13.3. The maximum atomic E-state index is 12.5. The summed E-state index contributed by atoms with van der Waals surface area (Å²) in [7, 11) is 0. The molecule has 3 atom stereocenters. The first-order chi connectivity index (χ1) is 19.0. The fraction of sp³-hybridized carbons (Fsp3) is 0.667. The van der Waals surface area contributed by atoms with Crippen molar-refractivity contribution < 1.29 is 43.2 Å². The molecule has 10 heteroatoms. The monoisotopic (exact) mass is 565 g/mol. The number of ether oxygens (including phenoxy) is 4. The highest BCUT2D eigenvalue weighted by molar-refractivity contribution is 5.77. The number of nitrogens with two attached hydrogens (primary N) is 1. The topological polar surface area (TPSA) is 151 Å². The Hall–Kier alpha value is -3.14. The first-order valence-corrected chi connectivity index (χ1v) is 14.3. The zero-order chi connectivity index (χ0) is 30.1. The predicted molar refractivity (Wildman–Crippen MR) is 150 cm³/mol. The van der Waals surface area contributed by atoms with Crippen molar-refractivity contribution in [3.8, 4) is 11.5 Å². The summed E-state index contributed by atoms with van der Waals surface area (Å²) in [6.07, 6.45) is 5.19. The number of esters is 2. The molecule has 0 fully saturated rings. The van der Waals surface area contributed by atoms with Gasteiger partial charge < -0.3 is 29.8 Å². The quantitative estimate of drug-likeness (QED) is 0.116. The van der Waals surface area contributed by atoms with Crippen LogP contribution in [0.25, 0.3) is 0 Å². The molecular weight excluding hydrogens is 518 g/mol. The van der Waals surface area contributed by atoms with E-state index in [0.29, 0.717) is 30.7 Å². The van der Waals surface area contributed by atoms with Gasteiger partial charge in [0.15, 0.2) is 11.5 Å². The summed E-state index contributed by atoms with van der Waals surface area (Å²) in [5.74, 6) is -3.14. The van der Waals surface area contributed by atoms with Crippen molar-refractivity contribution in [2.24, 2.45) is 17.6 Å². The van der Waals surface area contributed by atoms with E-state index in [1.54, 1.807) is 13.0 Å². The molecule has 1 rings (SSSR count). The Balaban J connectivity index is 3.20. The van der Waals surface area contributed by atoms with E-state index in [-0.39, 0.29) is 37.6 Å². The highest BCUT2D eigenvalue weighted by Gasteiger charge is 2.33. The van der Waals surface area contributed by atoms with Gasteiger partial charge in [-0.3, -0.25) is 14.4 Å². The molecule has 0 aliphatic heterocycles. The van der Waals surface area contributed by atoms with E-state index in [2.05, 4.69) is 0 Å². The molecule has 0 saturated carbocycles. The second-order valence-electron chi connectivity index (χ2n) is 10.5. The highest BCUT2D eigenvalue weighted by atomic mass is 16.7. The smallest absolute Gasteiger partial charge is 0.480 e. The normalized spacial score (nSPS) is 13.3. The predicted octanol–water partition coefficient (Wildman–Crippen LogP) is 5.99. The van der Waals surface area contributed by atoms with Gasteiger partial charge in [0.05, 0.1) is 13.2 Å². The molecule has 0 aromatic heterocycles. The maximum Gasteiger partial charge on any atom is 0.508 e. The Morgan fingerprint density at radius 3 is 1.95 bits per heavy atom. The lowest BCUT2D eigenvalue weighted by molar-refractivity contribution is -0.139. The minimum absolute atomic E-state index is 0.00615. The Morgan fingerprint density at radius 1 is 0.850 bits per heavy atom. The van der Waals surface area contributed by atoms with Crippen LogP contribution in [0.15, 0.2) is 18.2 Å². The second-order valence-corrected chi connectivity index (χ2v) is 10.5. The van der Waals surface area contributed by atoms with Gasteiger partial charge >= 0.3 is 24.1 Å². The van der Waals surface area contributed by atoms with Crippen LogP contribution in [0, 0.1) is 11.8 Å². The molecule has 0 spiro atoms. The highest BCUT2D eigenvalue weighted by Crippen LogP contribution is 2.36. The lowest BCUT2D eigenvalue weighted by Gasteiger charge is -2.28. The number of carbonyl (C=O) groups excluding carboxylic acids is 3. The molecule has 0 radical (unpaired) electrons. The van der Waals surface area contributed by atoms with Crippen molar-refractivity contribution in [3.63, 3.8) is 0 Å². The summed E-state index contributed by atoms with van der Waals surface area (Å²) in [6, 6.07) is 3.16. The number of rotatable bonds is 19. The summed E-state index contributed by atoms with van der Waals surface area (Å²) in [5.41, 5.74) is 6.50. The van der Waals surface area contributed by atoms with Crippen molar-refractivity contribution in [3.05, 3.63) is 23.8 Å². The number of carbonyl (C=O) groups is 4. The van der Waals surface area contributed by atoms with Crippen LogP contribution in [-0.4, -0.2) is 48.4 Å². The fourth-order valence-corrected chi connectivity index (χ4v) is 4.05. The van der Waals surface area contributed by atoms with E-state index >= 15 is 0 Å². The number of unbranched alkanes of at least 4 members (excludes halogenated alkanes) is 4. The minimum Gasteiger partial charge on any atom is -0.480 e. The zero-order valence-corrected chi connectivity index (χ0v) is 24.6. The van der Waals surface area contributed by atoms with Gasteiger partial charge in [0.2, 0.25) is 0 Å². The van der Waals surface area contributed by atoms with E-state index in [0.717, 1.165) is 25.7 Å². The van der Waals surface area contributed by atoms with Crippen LogP contribution < -0.4 is 15.2 Å². The molecule has 0 saturated heterocycles. The summed E-state index contributed by atoms with van der Waals surface area (Å²) in [5, 5.41) is 9.71. The van der Waals surface area contributed by atoms with E-state index < -0.39 is 41.9 Å². The SMILES string of the molecule is CCCCCC(=O)Oc1ccc(C(C(C)COC(=O)OCCC(C)C)[C@H](N)C(=O)O)cc1OC(=O)CCCCC. The first-order valence-electron chi connectivity index (χ1n) is 14.3. The molecule has 40 heavy (non-hydrogen) atoms. The first kappa shape index (κ1) is 34.9. The average molecular weight is 566 g/mol. The number of benzene rings is 1. The van der Waals surface area contributed by atoms with Gasteiger partial charge in [-0.15, -0.1) is 0 Å². The molecule has 10 nitrogen and oxygen atoms in total. The van der Waals surface area contributed by atoms with Crippen LogP contribution in [0.3, 0.4) is 0 Å². The van der Waals surface area contributed by atoms with E-state index in [4.69, 9.17) is 24.7 Å². The van der Waals surface area contributed by atoms with Crippen LogP contribution in [0.5, 0.6) is 11.5 Å². The number of aliphatic carboxylic acids is 1. The van der Waals surface area contributed by atoms with Gasteiger partial charge in [-0.25, -0.2) is 4.79 Å². The van der Waals surface area contributed by atoms with E-state index in [1.807, 2.05) is 27.7 Å². The molecule has 2 unspecified atom stereocenters. The lowest BCUT2D eigenvalue weighted by Crippen LogP contribution is -2.40. The summed E-state index contributed by atoms with van der Waals surface area (Å²) in [4.78, 5) is 48.9. The van der Waals surface area contributed by atoms with Gasteiger partial charge in [0.1, 0.15) is 6.04 Å². The van der Waals surface area contributed by atoms with Gasteiger partial charge in [-0.1, -0.05) is 66.4 Å². The van der Waals surface area contributed by atoms with Crippen molar-refractivity contribution in [2.45, 2.75) is 104 Å². The molecule has 1 aromatic carbocycles. The van der Waals surface area contributed by atoms with Crippen LogP contribution in [0.4, 0.5) is 4.79 Å². The molecule has 0 bridgehead atoms. The van der Waals surface area contributed by atoms with Crippen molar-refractivity contribution >= 4 is 24.1 Å². The van der Waals surface area contributed by atoms with Gasteiger partial charge in [0.25, 0.3) is 0 Å².